The van der Waals surface area contributed by atoms with Crippen LogP contribution in [0.25, 0.3) is 0 Å². The highest BCUT2D eigenvalue weighted by Crippen LogP contribution is 2.29. The number of aromatic nitrogens is 2. The van der Waals surface area contributed by atoms with E-state index >= 15 is 0 Å². The summed E-state index contributed by atoms with van der Waals surface area (Å²) in [4.78, 5) is 38.0. The molecule has 1 fully saturated rings. The molecule has 196 valence electrons. The van der Waals surface area contributed by atoms with E-state index in [0.29, 0.717) is 66.9 Å². The summed E-state index contributed by atoms with van der Waals surface area (Å²) >= 11 is 0. The van der Waals surface area contributed by atoms with Crippen molar-refractivity contribution in [3.8, 4) is 6.07 Å². The van der Waals surface area contributed by atoms with Crippen LogP contribution in [0, 0.1) is 11.3 Å². The smallest absolute Gasteiger partial charge is 0.328 e. The zero-order valence-electron chi connectivity index (χ0n) is 21.6. The molecule has 2 atom stereocenters. The Morgan fingerprint density at radius 3 is 2.81 bits per heavy atom. The largest absolute Gasteiger partial charge is 0.383 e. The number of carbonyl (C=O) groups is 2. The summed E-state index contributed by atoms with van der Waals surface area (Å²) in [5.74, 6) is 0.814. The number of piperazine rings is 1. The summed E-state index contributed by atoms with van der Waals surface area (Å²) in [6.07, 6.45) is 3.76. The first-order valence-corrected chi connectivity index (χ1v) is 12.6. The number of carbonyl (C=O) groups excluding carboxylic acids is 2. The summed E-state index contributed by atoms with van der Waals surface area (Å²) in [6, 6.07) is 6.11. The first-order chi connectivity index (χ1) is 17.9. The maximum Gasteiger partial charge on any atom is 0.328 e. The van der Waals surface area contributed by atoms with Gasteiger partial charge in [-0.3, -0.25) is 19.9 Å². The minimum atomic E-state index is -0.386. The van der Waals surface area contributed by atoms with Crippen LogP contribution in [0.1, 0.15) is 47.4 Å². The van der Waals surface area contributed by atoms with Crippen LogP contribution in [0.3, 0.4) is 0 Å². The van der Waals surface area contributed by atoms with Gasteiger partial charge >= 0.3 is 6.03 Å². The van der Waals surface area contributed by atoms with Gasteiger partial charge < -0.3 is 15.4 Å². The van der Waals surface area contributed by atoms with Crippen molar-refractivity contribution in [2.24, 2.45) is 0 Å². The molecule has 0 radical (unpaired) electrons. The maximum absolute atomic E-state index is 13.3. The average Bonchev–Trinajstić information content (AvgIpc) is 2.87. The number of hydrogen-bond acceptors (Lipinski definition) is 9. The Kier molecular flexibility index (Phi) is 8.66. The molecule has 0 saturated carbocycles. The molecule has 0 bridgehead atoms. The highest BCUT2D eigenvalue weighted by atomic mass is 16.5. The molecule has 2 aromatic heterocycles. The molecule has 2 amide bonds. The summed E-state index contributed by atoms with van der Waals surface area (Å²) in [6.45, 7) is 8.21. The van der Waals surface area contributed by atoms with Crippen LogP contribution in [0.15, 0.2) is 18.3 Å². The molecular weight excluding hydrogens is 472 g/mol. The third-order valence-corrected chi connectivity index (χ3v) is 6.54. The summed E-state index contributed by atoms with van der Waals surface area (Å²) in [7, 11) is 1.60. The van der Waals surface area contributed by atoms with Crippen molar-refractivity contribution in [2.45, 2.75) is 45.3 Å². The van der Waals surface area contributed by atoms with Gasteiger partial charge in [-0.15, -0.1) is 0 Å². The SMILES string of the molecule is COCCNc1cc(NC(=O)N2CCCc3cc(CN4C[C@@H](C)N[C@H](C)C4)c(C=O)nc32)ncc1C#N. The van der Waals surface area contributed by atoms with E-state index in [4.69, 9.17) is 4.74 Å². The first kappa shape index (κ1) is 26.5. The maximum atomic E-state index is 13.3. The molecular formula is C26H34N8O3. The normalized spacial score (nSPS) is 19.6. The van der Waals surface area contributed by atoms with Crippen molar-refractivity contribution in [1.82, 2.24) is 20.2 Å². The molecule has 0 aliphatic carbocycles. The zero-order chi connectivity index (χ0) is 26.4. The number of pyridine rings is 2. The number of nitriles is 1. The highest BCUT2D eigenvalue weighted by molar-refractivity contribution is 6.01. The highest BCUT2D eigenvalue weighted by Gasteiger charge is 2.28. The van der Waals surface area contributed by atoms with Crippen molar-refractivity contribution in [3.05, 3.63) is 40.7 Å². The van der Waals surface area contributed by atoms with E-state index < -0.39 is 0 Å². The number of hydrogen-bond donors (Lipinski definition) is 3. The molecule has 2 aliphatic rings. The van der Waals surface area contributed by atoms with Crippen molar-refractivity contribution in [1.29, 1.82) is 5.26 Å². The second-order valence-corrected chi connectivity index (χ2v) is 9.63. The van der Waals surface area contributed by atoms with Gasteiger partial charge in [0.25, 0.3) is 0 Å². The molecule has 4 rings (SSSR count). The van der Waals surface area contributed by atoms with Crippen molar-refractivity contribution in [3.63, 3.8) is 0 Å². The molecule has 11 heteroatoms. The number of amides is 2. The second kappa shape index (κ2) is 12.1. The Labute approximate surface area is 217 Å². The molecule has 2 aliphatic heterocycles. The quantitative estimate of drug-likeness (QED) is 0.364. The fourth-order valence-electron chi connectivity index (χ4n) is 5.02. The van der Waals surface area contributed by atoms with Crippen LogP contribution in [0.4, 0.5) is 22.1 Å². The van der Waals surface area contributed by atoms with Crippen LogP contribution in [0.2, 0.25) is 0 Å². The van der Waals surface area contributed by atoms with E-state index in [1.165, 1.54) is 6.20 Å². The Hall–Kier alpha value is -3.59. The van der Waals surface area contributed by atoms with Crippen LogP contribution >= 0.6 is 0 Å². The Bertz CT molecular complexity index is 1170. The number of methoxy groups -OCH3 is 1. The van der Waals surface area contributed by atoms with Crippen LogP contribution in [0.5, 0.6) is 0 Å². The predicted octanol–water partition coefficient (Wildman–Crippen LogP) is 2.39. The Morgan fingerprint density at radius 2 is 2.11 bits per heavy atom. The summed E-state index contributed by atoms with van der Waals surface area (Å²) < 4.78 is 5.05. The summed E-state index contributed by atoms with van der Waals surface area (Å²) in [5, 5.41) is 18.8. The third kappa shape index (κ3) is 6.40. The van der Waals surface area contributed by atoms with Gasteiger partial charge in [0.05, 0.1) is 17.9 Å². The van der Waals surface area contributed by atoms with Gasteiger partial charge in [-0.25, -0.2) is 14.8 Å². The fourth-order valence-corrected chi connectivity index (χ4v) is 5.02. The van der Waals surface area contributed by atoms with Crippen LogP contribution in [-0.2, 0) is 17.7 Å². The van der Waals surface area contributed by atoms with E-state index in [0.717, 1.165) is 43.3 Å². The number of aryl methyl sites for hydroxylation is 1. The minimum absolute atomic E-state index is 0.310. The van der Waals surface area contributed by atoms with E-state index in [1.807, 2.05) is 6.07 Å². The van der Waals surface area contributed by atoms with Gasteiger partial charge in [0.1, 0.15) is 23.4 Å². The summed E-state index contributed by atoms with van der Waals surface area (Å²) in [5.41, 5.74) is 3.13. The van der Waals surface area contributed by atoms with E-state index in [1.54, 1.807) is 18.1 Å². The van der Waals surface area contributed by atoms with E-state index in [2.05, 4.69) is 50.7 Å². The fraction of sp³-hybridized carbons (Fsp3) is 0.500. The number of aldehydes is 1. The number of nitrogens with zero attached hydrogens (tertiary/aromatic N) is 5. The van der Waals surface area contributed by atoms with Crippen molar-refractivity contribution in [2.75, 3.05) is 55.4 Å². The van der Waals surface area contributed by atoms with Gasteiger partial charge in [-0.2, -0.15) is 5.26 Å². The molecule has 1 saturated heterocycles. The lowest BCUT2D eigenvalue weighted by atomic mass is 10.0. The van der Waals surface area contributed by atoms with E-state index in [-0.39, 0.29) is 6.03 Å². The minimum Gasteiger partial charge on any atom is -0.383 e. The number of ether oxygens (including phenoxy) is 1. The van der Waals surface area contributed by atoms with Gasteiger partial charge in [0.15, 0.2) is 6.29 Å². The number of nitrogens with one attached hydrogen (secondary N) is 3. The third-order valence-electron chi connectivity index (χ3n) is 6.54. The Morgan fingerprint density at radius 1 is 1.32 bits per heavy atom. The molecule has 3 N–H and O–H groups in total. The standard InChI is InChI=1S/C26H34N8O3/c1-17-13-33(14-18(2)30-17)15-20-9-19-5-4-7-34(25(19)31-23(20)16-35)26(36)32-24-10-22(28-6-8-37-3)21(11-27)12-29-24/h9-10,12,16-18,30H,4-8,13-15H2,1-3H3,(H2,28,29,32,36)/t17-,18-/m1/s1. The molecule has 2 aromatic rings. The van der Waals surface area contributed by atoms with Gasteiger partial charge in [-0.1, -0.05) is 0 Å². The van der Waals surface area contributed by atoms with Gasteiger partial charge in [0.2, 0.25) is 0 Å². The van der Waals surface area contributed by atoms with Gasteiger partial charge in [-0.05, 0) is 43.9 Å². The number of anilines is 3. The van der Waals surface area contributed by atoms with Crippen molar-refractivity contribution >= 4 is 29.6 Å². The molecule has 0 aromatic carbocycles. The lowest BCUT2D eigenvalue weighted by molar-refractivity contribution is 0.111. The topological polar surface area (TPSA) is 136 Å². The lowest BCUT2D eigenvalue weighted by Gasteiger charge is -2.36. The Balaban J connectivity index is 1.53. The van der Waals surface area contributed by atoms with Crippen LogP contribution in [-0.4, -0.2) is 79.2 Å². The first-order valence-electron chi connectivity index (χ1n) is 12.6. The zero-order valence-corrected chi connectivity index (χ0v) is 21.6. The average molecular weight is 507 g/mol. The molecule has 0 unspecified atom stereocenters. The second-order valence-electron chi connectivity index (χ2n) is 9.63. The number of rotatable bonds is 8. The lowest BCUT2D eigenvalue weighted by Crippen LogP contribution is -2.53. The molecule has 0 spiro atoms. The number of urea groups is 1. The molecule has 37 heavy (non-hydrogen) atoms. The number of fused-ring (bicyclic) bond motifs is 1. The predicted molar refractivity (Wildman–Crippen MR) is 141 cm³/mol. The van der Waals surface area contributed by atoms with Gasteiger partial charge in [0, 0.05) is 64.2 Å². The molecule has 11 nitrogen and oxygen atoms in total. The van der Waals surface area contributed by atoms with Crippen molar-refractivity contribution < 1.29 is 14.3 Å². The van der Waals surface area contributed by atoms with E-state index in [9.17, 15) is 14.9 Å². The monoisotopic (exact) mass is 506 g/mol. The molecule has 4 heterocycles. The van der Waals surface area contributed by atoms with Crippen LogP contribution < -0.4 is 20.9 Å².